The second-order valence-electron chi connectivity index (χ2n) is 6.30. The molecule has 0 saturated carbocycles. The fraction of sp³-hybridized carbons (Fsp3) is 0.647. The van der Waals surface area contributed by atoms with Crippen molar-refractivity contribution >= 4 is 5.91 Å². The third-order valence-corrected chi connectivity index (χ3v) is 4.62. The van der Waals surface area contributed by atoms with Crippen LogP contribution in [0.3, 0.4) is 0 Å². The molecule has 2 rings (SSSR count). The predicted molar refractivity (Wildman–Crippen MR) is 86.7 cm³/mol. The standard InChI is InChI=1S/C17H27N3O2/c1-13(2)15(14-5-4-8-19-11-14)12-20-16(21)17(22-3)6-9-18-10-7-17/h4-5,8,11,13,15,18H,6-7,9-10,12H2,1-3H3,(H,20,21). The average Bonchev–Trinajstić information content (AvgIpc) is 2.56. The highest BCUT2D eigenvalue weighted by atomic mass is 16.5. The molecule has 1 fully saturated rings. The molecule has 1 aromatic rings. The van der Waals surface area contributed by atoms with Crippen molar-refractivity contribution in [2.45, 2.75) is 38.2 Å². The zero-order chi connectivity index (χ0) is 16.0. The lowest BCUT2D eigenvalue weighted by Gasteiger charge is -2.35. The molecule has 5 heteroatoms. The first-order valence-electron chi connectivity index (χ1n) is 8.03. The molecular formula is C17H27N3O2. The number of ether oxygens (including phenoxy) is 1. The summed E-state index contributed by atoms with van der Waals surface area (Å²) in [6.45, 7) is 6.58. The zero-order valence-electron chi connectivity index (χ0n) is 13.8. The summed E-state index contributed by atoms with van der Waals surface area (Å²) in [4.78, 5) is 16.8. The number of piperidine rings is 1. The highest BCUT2D eigenvalue weighted by Crippen LogP contribution is 2.25. The highest BCUT2D eigenvalue weighted by Gasteiger charge is 2.39. The van der Waals surface area contributed by atoms with E-state index in [4.69, 9.17) is 4.74 Å². The second kappa shape index (κ2) is 7.70. The largest absolute Gasteiger partial charge is 0.368 e. The Hall–Kier alpha value is -1.46. The van der Waals surface area contributed by atoms with Gasteiger partial charge in [-0.15, -0.1) is 0 Å². The van der Waals surface area contributed by atoms with Crippen molar-refractivity contribution in [3.8, 4) is 0 Å². The van der Waals surface area contributed by atoms with E-state index in [1.807, 2.05) is 12.3 Å². The number of amides is 1. The van der Waals surface area contributed by atoms with Crippen LogP contribution < -0.4 is 10.6 Å². The Bertz CT molecular complexity index is 470. The SMILES string of the molecule is COC1(C(=O)NCC(c2cccnc2)C(C)C)CCNCC1. The van der Waals surface area contributed by atoms with Gasteiger partial charge in [-0.3, -0.25) is 9.78 Å². The van der Waals surface area contributed by atoms with E-state index < -0.39 is 5.60 Å². The van der Waals surface area contributed by atoms with Gasteiger partial charge in [-0.05, 0) is 43.5 Å². The van der Waals surface area contributed by atoms with Crippen molar-refractivity contribution in [3.63, 3.8) is 0 Å². The molecule has 0 spiro atoms. The Kier molecular flexibility index (Phi) is 5.91. The first-order valence-corrected chi connectivity index (χ1v) is 8.03. The van der Waals surface area contributed by atoms with E-state index in [1.54, 1.807) is 13.3 Å². The summed E-state index contributed by atoms with van der Waals surface area (Å²) in [6, 6.07) is 4.01. The Balaban J connectivity index is 2.01. The molecule has 1 unspecified atom stereocenters. The first kappa shape index (κ1) is 16.9. The molecule has 2 heterocycles. The quantitative estimate of drug-likeness (QED) is 0.840. The lowest BCUT2D eigenvalue weighted by molar-refractivity contribution is -0.146. The van der Waals surface area contributed by atoms with Crippen LogP contribution in [-0.4, -0.2) is 43.2 Å². The number of methoxy groups -OCH3 is 1. The molecule has 1 aromatic heterocycles. The molecule has 1 amide bonds. The fourth-order valence-corrected chi connectivity index (χ4v) is 3.05. The van der Waals surface area contributed by atoms with Gasteiger partial charge >= 0.3 is 0 Å². The maximum atomic E-state index is 12.6. The third-order valence-electron chi connectivity index (χ3n) is 4.62. The van der Waals surface area contributed by atoms with Crippen LogP contribution in [0.4, 0.5) is 0 Å². The molecule has 1 aliphatic rings. The number of nitrogens with zero attached hydrogens (tertiary/aromatic N) is 1. The molecule has 1 aliphatic heterocycles. The first-order chi connectivity index (χ1) is 10.6. The van der Waals surface area contributed by atoms with Crippen LogP contribution in [0.25, 0.3) is 0 Å². The van der Waals surface area contributed by atoms with Gasteiger partial charge in [0.25, 0.3) is 5.91 Å². The van der Waals surface area contributed by atoms with Gasteiger partial charge in [0, 0.05) is 32.0 Å². The molecule has 0 aromatic carbocycles. The summed E-state index contributed by atoms with van der Waals surface area (Å²) in [5, 5.41) is 6.37. The van der Waals surface area contributed by atoms with Crippen LogP contribution in [0.15, 0.2) is 24.5 Å². The molecular weight excluding hydrogens is 278 g/mol. The summed E-state index contributed by atoms with van der Waals surface area (Å²) in [5.74, 6) is 0.690. The summed E-state index contributed by atoms with van der Waals surface area (Å²) < 4.78 is 5.57. The van der Waals surface area contributed by atoms with Crippen molar-refractivity contribution in [1.82, 2.24) is 15.6 Å². The predicted octanol–water partition coefficient (Wildman–Crippen LogP) is 1.71. The number of hydrogen-bond donors (Lipinski definition) is 2. The fourth-order valence-electron chi connectivity index (χ4n) is 3.05. The number of pyridine rings is 1. The zero-order valence-corrected chi connectivity index (χ0v) is 13.8. The summed E-state index contributed by atoms with van der Waals surface area (Å²) >= 11 is 0. The van der Waals surface area contributed by atoms with Crippen molar-refractivity contribution in [1.29, 1.82) is 0 Å². The van der Waals surface area contributed by atoms with Crippen molar-refractivity contribution in [3.05, 3.63) is 30.1 Å². The Labute approximate surface area is 132 Å². The van der Waals surface area contributed by atoms with E-state index in [0.29, 0.717) is 25.3 Å². The van der Waals surface area contributed by atoms with E-state index >= 15 is 0 Å². The Morgan fingerprint density at radius 3 is 2.73 bits per heavy atom. The molecule has 1 atom stereocenters. The third kappa shape index (κ3) is 3.84. The Morgan fingerprint density at radius 1 is 1.45 bits per heavy atom. The van der Waals surface area contributed by atoms with E-state index in [9.17, 15) is 4.79 Å². The number of nitrogens with one attached hydrogen (secondary N) is 2. The van der Waals surface area contributed by atoms with Crippen LogP contribution in [0, 0.1) is 5.92 Å². The molecule has 0 radical (unpaired) electrons. The van der Waals surface area contributed by atoms with Gasteiger partial charge in [0.15, 0.2) is 0 Å². The van der Waals surface area contributed by atoms with Crippen LogP contribution >= 0.6 is 0 Å². The van der Waals surface area contributed by atoms with Gasteiger partial charge in [0.2, 0.25) is 0 Å². The van der Waals surface area contributed by atoms with E-state index in [2.05, 4.69) is 35.5 Å². The lowest BCUT2D eigenvalue weighted by Crippen LogP contribution is -2.54. The van der Waals surface area contributed by atoms with Crippen LogP contribution in [0.2, 0.25) is 0 Å². The van der Waals surface area contributed by atoms with Crippen LogP contribution in [-0.2, 0) is 9.53 Å². The number of carbonyl (C=O) groups is 1. The minimum absolute atomic E-state index is 0.00559. The highest BCUT2D eigenvalue weighted by molar-refractivity contribution is 5.85. The van der Waals surface area contributed by atoms with E-state index in [0.717, 1.165) is 18.7 Å². The molecule has 5 nitrogen and oxygen atoms in total. The molecule has 2 N–H and O–H groups in total. The normalized spacial score (nSPS) is 18.9. The van der Waals surface area contributed by atoms with Gasteiger partial charge < -0.3 is 15.4 Å². The van der Waals surface area contributed by atoms with E-state index in [-0.39, 0.29) is 11.8 Å². The maximum Gasteiger partial charge on any atom is 0.252 e. The smallest absolute Gasteiger partial charge is 0.252 e. The molecule has 22 heavy (non-hydrogen) atoms. The summed E-state index contributed by atoms with van der Waals surface area (Å²) in [6.07, 6.45) is 5.09. The molecule has 122 valence electrons. The van der Waals surface area contributed by atoms with Gasteiger partial charge in [-0.25, -0.2) is 0 Å². The summed E-state index contributed by atoms with van der Waals surface area (Å²) in [7, 11) is 1.63. The maximum absolute atomic E-state index is 12.6. The molecule has 0 bridgehead atoms. The number of aromatic nitrogens is 1. The van der Waals surface area contributed by atoms with Crippen molar-refractivity contribution < 1.29 is 9.53 Å². The average molecular weight is 305 g/mol. The number of rotatable bonds is 6. The van der Waals surface area contributed by atoms with Crippen molar-refractivity contribution in [2.75, 3.05) is 26.7 Å². The topological polar surface area (TPSA) is 63.2 Å². The molecule has 1 saturated heterocycles. The van der Waals surface area contributed by atoms with Crippen LogP contribution in [0.1, 0.15) is 38.2 Å². The minimum Gasteiger partial charge on any atom is -0.368 e. The van der Waals surface area contributed by atoms with Gasteiger partial charge in [0.05, 0.1) is 0 Å². The second-order valence-corrected chi connectivity index (χ2v) is 6.30. The van der Waals surface area contributed by atoms with Gasteiger partial charge in [0.1, 0.15) is 5.60 Å². The minimum atomic E-state index is -0.679. The van der Waals surface area contributed by atoms with Crippen LogP contribution in [0.5, 0.6) is 0 Å². The molecule has 0 aliphatic carbocycles. The Morgan fingerprint density at radius 2 is 2.18 bits per heavy atom. The lowest BCUT2D eigenvalue weighted by atomic mass is 9.88. The van der Waals surface area contributed by atoms with Gasteiger partial charge in [-0.1, -0.05) is 19.9 Å². The van der Waals surface area contributed by atoms with E-state index in [1.165, 1.54) is 0 Å². The summed E-state index contributed by atoms with van der Waals surface area (Å²) in [5.41, 5.74) is 0.483. The number of carbonyl (C=O) groups excluding carboxylic acids is 1. The van der Waals surface area contributed by atoms with Crippen molar-refractivity contribution in [2.24, 2.45) is 5.92 Å². The van der Waals surface area contributed by atoms with Gasteiger partial charge in [-0.2, -0.15) is 0 Å². The number of hydrogen-bond acceptors (Lipinski definition) is 4. The monoisotopic (exact) mass is 305 g/mol.